The SMILES string of the molecule is Cc1c(C23CC4CC(CC(C4)C2)C3)[nH]c2ccccc12. The van der Waals surface area contributed by atoms with Crippen LogP contribution >= 0.6 is 0 Å². The van der Waals surface area contributed by atoms with Crippen LogP contribution in [0, 0.1) is 24.7 Å². The van der Waals surface area contributed by atoms with Crippen molar-refractivity contribution in [3.05, 3.63) is 35.5 Å². The highest BCUT2D eigenvalue weighted by molar-refractivity contribution is 5.84. The Morgan fingerprint density at radius 1 is 0.950 bits per heavy atom. The van der Waals surface area contributed by atoms with Crippen LogP contribution in [0.25, 0.3) is 10.9 Å². The lowest BCUT2D eigenvalue weighted by Gasteiger charge is -2.56. The van der Waals surface area contributed by atoms with E-state index in [4.69, 9.17) is 0 Å². The molecule has 1 heterocycles. The predicted octanol–water partition coefficient (Wildman–Crippen LogP) is 4.94. The average Bonchev–Trinajstić information content (AvgIpc) is 2.76. The number of H-pyrrole nitrogens is 1. The van der Waals surface area contributed by atoms with Gasteiger partial charge >= 0.3 is 0 Å². The molecule has 1 nitrogen and oxygen atoms in total. The standard InChI is InChI=1S/C19H23N/c1-12-16-4-2-3-5-17(16)20-18(12)19-9-13-6-14(10-19)8-15(7-13)11-19/h2-5,13-15,20H,6-11H2,1H3. The summed E-state index contributed by atoms with van der Waals surface area (Å²) < 4.78 is 0. The number of aromatic amines is 1. The summed E-state index contributed by atoms with van der Waals surface area (Å²) in [4.78, 5) is 3.82. The quantitative estimate of drug-likeness (QED) is 0.751. The van der Waals surface area contributed by atoms with Crippen LogP contribution in [0.4, 0.5) is 0 Å². The first-order chi connectivity index (χ1) is 9.73. The van der Waals surface area contributed by atoms with Gasteiger partial charge in [-0.2, -0.15) is 0 Å². The van der Waals surface area contributed by atoms with Gasteiger partial charge in [0.1, 0.15) is 0 Å². The summed E-state index contributed by atoms with van der Waals surface area (Å²) >= 11 is 0. The summed E-state index contributed by atoms with van der Waals surface area (Å²) in [5.74, 6) is 3.06. The first-order valence-corrected chi connectivity index (χ1v) is 8.31. The number of nitrogens with one attached hydrogen (secondary N) is 1. The van der Waals surface area contributed by atoms with Crippen molar-refractivity contribution < 1.29 is 0 Å². The summed E-state index contributed by atoms with van der Waals surface area (Å²) in [6.45, 7) is 2.34. The maximum Gasteiger partial charge on any atom is 0.0458 e. The summed E-state index contributed by atoms with van der Waals surface area (Å²) in [5.41, 5.74) is 4.97. The van der Waals surface area contributed by atoms with Crippen molar-refractivity contribution in [2.45, 2.75) is 50.9 Å². The molecular weight excluding hydrogens is 242 g/mol. The van der Waals surface area contributed by atoms with E-state index in [9.17, 15) is 0 Å². The Balaban J connectivity index is 1.69. The highest BCUT2D eigenvalue weighted by Gasteiger charge is 2.52. The van der Waals surface area contributed by atoms with Gasteiger partial charge in [-0.3, -0.25) is 0 Å². The number of hydrogen-bond donors (Lipinski definition) is 1. The topological polar surface area (TPSA) is 15.8 Å². The number of aromatic nitrogens is 1. The van der Waals surface area contributed by atoms with Crippen LogP contribution in [0.2, 0.25) is 0 Å². The van der Waals surface area contributed by atoms with Crippen LogP contribution in [0.1, 0.15) is 49.8 Å². The molecule has 0 atom stereocenters. The second-order valence-electron chi connectivity index (χ2n) is 7.87. The highest BCUT2D eigenvalue weighted by atomic mass is 14.8. The van der Waals surface area contributed by atoms with Gasteiger partial charge in [0.2, 0.25) is 0 Å². The third-order valence-electron chi connectivity index (χ3n) is 6.53. The maximum atomic E-state index is 3.82. The van der Waals surface area contributed by atoms with Gasteiger partial charge in [0.05, 0.1) is 0 Å². The Morgan fingerprint density at radius 2 is 1.55 bits per heavy atom. The molecule has 0 unspecified atom stereocenters. The molecule has 0 spiro atoms. The van der Waals surface area contributed by atoms with E-state index in [0.717, 1.165) is 17.8 Å². The van der Waals surface area contributed by atoms with Crippen LogP contribution in [-0.2, 0) is 5.41 Å². The molecule has 4 aliphatic rings. The molecule has 1 N–H and O–H groups in total. The molecule has 4 bridgehead atoms. The van der Waals surface area contributed by atoms with Gasteiger partial charge in [-0.1, -0.05) is 18.2 Å². The molecule has 6 rings (SSSR count). The second-order valence-corrected chi connectivity index (χ2v) is 7.87. The fraction of sp³-hybridized carbons (Fsp3) is 0.579. The predicted molar refractivity (Wildman–Crippen MR) is 82.9 cm³/mol. The summed E-state index contributed by atoms with van der Waals surface area (Å²) in [5, 5.41) is 1.44. The van der Waals surface area contributed by atoms with Gasteiger partial charge in [-0.15, -0.1) is 0 Å². The van der Waals surface area contributed by atoms with Gasteiger partial charge in [-0.05, 0) is 74.8 Å². The molecule has 104 valence electrons. The molecular formula is C19H23N. The molecule has 4 aliphatic carbocycles. The minimum Gasteiger partial charge on any atom is -0.358 e. The average molecular weight is 265 g/mol. The number of fused-ring (bicyclic) bond motifs is 1. The minimum absolute atomic E-state index is 0.498. The summed E-state index contributed by atoms with van der Waals surface area (Å²) in [6.07, 6.45) is 8.93. The lowest BCUT2D eigenvalue weighted by molar-refractivity contribution is -0.00714. The summed E-state index contributed by atoms with van der Waals surface area (Å²) in [7, 11) is 0. The van der Waals surface area contributed by atoms with Crippen LogP contribution in [0.5, 0.6) is 0 Å². The third kappa shape index (κ3) is 1.39. The van der Waals surface area contributed by atoms with E-state index in [2.05, 4.69) is 36.2 Å². The first kappa shape index (κ1) is 11.4. The van der Waals surface area contributed by atoms with Crippen LogP contribution in [0.3, 0.4) is 0 Å². The largest absolute Gasteiger partial charge is 0.358 e. The molecule has 0 amide bonds. The Bertz CT molecular complexity index is 643. The number of hydrogen-bond acceptors (Lipinski definition) is 0. The van der Waals surface area contributed by atoms with Gasteiger partial charge in [0.25, 0.3) is 0 Å². The van der Waals surface area contributed by atoms with E-state index < -0.39 is 0 Å². The van der Waals surface area contributed by atoms with Crippen molar-refractivity contribution >= 4 is 10.9 Å². The van der Waals surface area contributed by atoms with E-state index in [1.165, 1.54) is 55.0 Å². The van der Waals surface area contributed by atoms with Crippen molar-refractivity contribution in [2.75, 3.05) is 0 Å². The zero-order valence-electron chi connectivity index (χ0n) is 12.3. The molecule has 20 heavy (non-hydrogen) atoms. The van der Waals surface area contributed by atoms with Crippen LogP contribution in [0.15, 0.2) is 24.3 Å². The van der Waals surface area contributed by atoms with Gasteiger partial charge in [-0.25, -0.2) is 0 Å². The normalized spacial score (nSPS) is 38.8. The van der Waals surface area contributed by atoms with Gasteiger partial charge in [0.15, 0.2) is 0 Å². The molecule has 4 saturated carbocycles. The minimum atomic E-state index is 0.498. The fourth-order valence-corrected chi connectivity index (χ4v) is 6.23. The van der Waals surface area contributed by atoms with Crippen molar-refractivity contribution in [2.24, 2.45) is 17.8 Å². The lowest BCUT2D eigenvalue weighted by atomic mass is 9.48. The van der Waals surface area contributed by atoms with E-state index >= 15 is 0 Å². The van der Waals surface area contributed by atoms with E-state index in [1.807, 2.05) is 0 Å². The Hall–Kier alpha value is -1.24. The van der Waals surface area contributed by atoms with E-state index in [-0.39, 0.29) is 0 Å². The van der Waals surface area contributed by atoms with Crippen molar-refractivity contribution in [1.82, 2.24) is 4.98 Å². The lowest BCUT2D eigenvalue weighted by Crippen LogP contribution is -2.49. The molecule has 0 saturated heterocycles. The number of para-hydroxylation sites is 1. The van der Waals surface area contributed by atoms with Crippen LogP contribution < -0.4 is 0 Å². The van der Waals surface area contributed by atoms with E-state index in [1.54, 1.807) is 5.69 Å². The zero-order chi connectivity index (χ0) is 13.3. The smallest absolute Gasteiger partial charge is 0.0458 e. The molecule has 0 aliphatic heterocycles. The molecule has 4 fully saturated rings. The Morgan fingerprint density at radius 3 is 2.15 bits per heavy atom. The summed E-state index contributed by atoms with van der Waals surface area (Å²) in [6, 6.07) is 8.85. The van der Waals surface area contributed by atoms with E-state index in [0.29, 0.717) is 5.41 Å². The molecule has 1 heteroatoms. The number of rotatable bonds is 1. The van der Waals surface area contributed by atoms with Crippen molar-refractivity contribution in [3.8, 4) is 0 Å². The Labute approximate surface area is 120 Å². The number of aryl methyl sites for hydroxylation is 1. The third-order valence-corrected chi connectivity index (χ3v) is 6.53. The second kappa shape index (κ2) is 3.69. The number of benzene rings is 1. The highest BCUT2D eigenvalue weighted by Crippen LogP contribution is 2.61. The molecule has 1 aromatic carbocycles. The molecule has 0 radical (unpaired) electrons. The van der Waals surface area contributed by atoms with Crippen LogP contribution in [-0.4, -0.2) is 4.98 Å². The zero-order valence-corrected chi connectivity index (χ0v) is 12.3. The fourth-order valence-electron chi connectivity index (χ4n) is 6.23. The molecule has 2 aromatic rings. The molecule has 1 aromatic heterocycles. The van der Waals surface area contributed by atoms with Crippen molar-refractivity contribution in [3.63, 3.8) is 0 Å². The van der Waals surface area contributed by atoms with Gasteiger partial charge in [0, 0.05) is 22.0 Å². The Kier molecular flexibility index (Phi) is 2.11. The van der Waals surface area contributed by atoms with Gasteiger partial charge < -0.3 is 4.98 Å². The monoisotopic (exact) mass is 265 g/mol. The first-order valence-electron chi connectivity index (χ1n) is 8.31. The maximum absolute atomic E-state index is 3.82. The van der Waals surface area contributed by atoms with Crippen molar-refractivity contribution in [1.29, 1.82) is 0 Å².